The van der Waals surface area contributed by atoms with Crippen LogP contribution in [0, 0.1) is 11.7 Å². The molecular weight excluding hydrogens is 487 g/mol. The van der Waals surface area contributed by atoms with Crippen LogP contribution in [0.5, 0.6) is 0 Å². The van der Waals surface area contributed by atoms with Crippen LogP contribution >= 0.6 is 10.8 Å². The van der Waals surface area contributed by atoms with Gasteiger partial charge >= 0.3 is 6.09 Å². The maximum atomic E-state index is 14.7. The number of fused-ring (bicyclic) bond motifs is 1. The molecule has 2 heterocycles. The number of benzene rings is 1. The largest absolute Gasteiger partial charge is 0.444 e. The van der Waals surface area contributed by atoms with Crippen LogP contribution in [-0.2, 0) is 9.53 Å². The Morgan fingerprint density at radius 2 is 1.92 bits per heavy atom. The maximum Gasteiger partial charge on any atom is 0.408 e. The van der Waals surface area contributed by atoms with Crippen LogP contribution in [0.3, 0.4) is 0 Å². The van der Waals surface area contributed by atoms with Crippen LogP contribution in [0.1, 0.15) is 48.0 Å². The summed E-state index contributed by atoms with van der Waals surface area (Å²) in [5.41, 5.74) is -0.697. The first-order valence-electron chi connectivity index (χ1n) is 12.1. The van der Waals surface area contributed by atoms with E-state index in [4.69, 9.17) is 4.74 Å². The number of aromatic nitrogens is 1. The Kier molecular flexibility index (Phi) is 8.49. The van der Waals surface area contributed by atoms with Crippen molar-refractivity contribution >= 4 is 33.5 Å². The molecule has 2 aromatic rings. The third-order valence-corrected chi connectivity index (χ3v) is 8.15. The molecule has 1 aliphatic heterocycles. The Morgan fingerprint density at radius 1 is 1.22 bits per heavy atom. The standard InChI is InChI=1S/C25H37FN4O5S/c1-16(2)22(28-24(32)35-25(4,5)6)23(31)29-11-8-12-30(17(3)15-29)36(33,34)20-10-7-9-18-13-27-14-19(26)21(18)20/h7,9-10,13-14,16-17,22,33-34H,8,11-12,15H2,1-6H3,(H,28,32)/t17-,22-/m0/s1. The molecule has 0 unspecified atom stereocenters. The molecule has 2 amide bonds. The zero-order valence-electron chi connectivity index (χ0n) is 21.7. The number of pyridine rings is 1. The van der Waals surface area contributed by atoms with Crippen LogP contribution in [-0.4, -0.2) is 72.6 Å². The molecule has 36 heavy (non-hydrogen) atoms. The van der Waals surface area contributed by atoms with E-state index in [1.807, 2.05) is 13.8 Å². The molecule has 3 N–H and O–H groups in total. The molecule has 3 rings (SSSR count). The molecule has 11 heteroatoms. The molecule has 0 bridgehead atoms. The highest BCUT2D eigenvalue weighted by atomic mass is 32.3. The first kappa shape index (κ1) is 28.1. The van der Waals surface area contributed by atoms with Crippen molar-refractivity contribution in [2.75, 3.05) is 19.6 Å². The Labute approximate surface area is 213 Å². The molecule has 1 aromatic heterocycles. The fourth-order valence-corrected chi connectivity index (χ4v) is 6.33. The summed E-state index contributed by atoms with van der Waals surface area (Å²) >= 11 is 0. The Hall–Kier alpha value is -2.47. The minimum absolute atomic E-state index is 0.0955. The number of rotatable bonds is 5. The zero-order valence-corrected chi connectivity index (χ0v) is 22.5. The molecule has 1 aliphatic rings. The first-order chi connectivity index (χ1) is 16.7. The molecular formula is C25H37FN4O5S. The average molecular weight is 525 g/mol. The van der Waals surface area contributed by atoms with Crippen LogP contribution in [0.2, 0.25) is 0 Å². The van der Waals surface area contributed by atoms with Crippen molar-refractivity contribution in [3.8, 4) is 0 Å². The normalized spacial score (nSPS) is 19.2. The van der Waals surface area contributed by atoms with E-state index < -0.39 is 40.4 Å². The number of halogens is 1. The molecule has 0 aliphatic carbocycles. The summed E-state index contributed by atoms with van der Waals surface area (Å²) in [5, 5.41) is 3.29. The lowest BCUT2D eigenvalue weighted by Gasteiger charge is -2.46. The summed E-state index contributed by atoms with van der Waals surface area (Å²) in [6.45, 7) is 11.6. The lowest BCUT2D eigenvalue weighted by atomic mass is 10.0. The van der Waals surface area contributed by atoms with Gasteiger partial charge in [-0.3, -0.25) is 18.9 Å². The van der Waals surface area contributed by atoms with Crippen molar-refractivity contribution in [1.82, 2.24) is 19.5 Å². The second-order valence-electron chi connectivity index (χ2n) is 10.5. The Morgan fingerprint density at radius 3 is 2.56 bits per heavy atom. The van der Waals surface area contributed by atoms with Gasteiger partial charge in [0.15, 0.2) is 5.82 Å². The SMILES string of the molecule is CC(C)[C@H](NC(=O)OC(C)(C)C)C(=O)N1CCCN(S(O)(O)c2cccc3cncc(F)c23)[C@@H](C)C1. The van der Waals surface area contributed by atoms with Gasteiger partial charge < -0.3 is 15.0 Å². The molecule has 1 aromatic carbocycles. The smallest absolute Gasteiger partial charge is 0.408 e. The molecule has 200 valence electrons. The van der Waals surface area contributed by atoms with Gasteiger partial charge in [0.1, 0.15) is 11.6 Å². The van der Waals surface area contributed by atoms with E-state index in [1.54, 1.807) is 49.0 Å². The molecule has 0 saturated carbocycles. The summed E-state index contributed by atoms with van der Waals surface area (Å²) in [5.74, 6) is -1.08. The number of hydrogen-bond donors (Lipinski definition) is 3. The highest BCUT2D eigenvalue weighted by molar-refractivity contribution is 8.22. The van der Waals surface area contributed by atoms with Gasteiger partial charge in [0.2, 0.25) is 5.91 Å². The summed E-state index contributed by atoms with van der Waals surface area (Å²) in [7, 11) is -3.57. The molecule has 0 spiro atoms. The summed E-state index contributed by atoms with van der Waals surface area (Å²) < 4.78 is 44.3. The van der Waals surface area contributed by atoms with Gasteiger partial charge in [-0.05, 0) is 46.1 Å². The third kappa shape index (κ3) is 6.26. The number of nitrogens with one attached hydrogen (secondary N) is 1. The number of amides is 2. The second-order valence-corrected chi connectivity index (χ2v) is 12.4. The molecule has 1 fully saturated rings. The minimum Gasteiger partial charge on any atom is -0.444 e. The van der Waals surface area contributed by atoms with Crippen LogP contribution in [0.15, 0.2) is 35.5 Å². The number of carbonyl (C=O) groups is 2. The van der Waals surface area contributed by atoms with Crippen molar-refractivity contribution in [3.63, 3.8) is 0 Å². The Bertz CT molecular complexity index is 1100. The van der Waals surface area contributed by atoms with E-state index in [2.05, 4.69) is 10.3 Å². The molecule has 2 atom stereocenters. The van der Waals surface area contributed by atoms with Crippen molar-refractivity contribution in [2.45, 2.75) is 70.5 Å². The topological polar surface area (TPSA) is 115 Å². The highest BCUT2D eigenvalue weighted by Gasteiger charge is 2.37. The summed E-state index contributed by atoms with van der Waals surface area (Å²) in [6.07, 6.45) is 2.34. The Balaban J connectivity index is 1.82. The number of alkyl carbamates (subject to hydrolysis) is 1. The third-order valence-electron chi connectivity index (χ3n) is 6.02. The van der Waals surface area contributed by atoms with E-state index in [0.29, 0.717) is 24.9 Å². The van der Waals surface area contributed by atoms with Gasteiger partial charge in [-0.25, -0.2) is 9.18 Å². The van der Waals surface area contributed by atoms with Crippen molar-refractivity contribution < 1.29 is 27.8 Å². The van der Waals surface area contributed by atoms with E-state index in [1.165, 1.54) is 12.3 Å². The quantitative estimate of drug-likeness (QED) is 0.511. The number of hydrogen-bond acceptors (Lipinski definition) is 7. The van der Waals surface area contributed by atoms with E-state index in [-0.39, 0.29) is 28.7 Å². The van der Waals surface area contributed by atoms with Gasteiger partial charge in [0.05, 0.1) is 11.1 Å². The second kappa shape index (κ2) is 10.9. The first-order valence-corrected chi connectivity index (χ1v) is 13.6. The van der Waals surface area contributed by atoms with E-state index in [9.17, 15) is 23.1 Å². The molecule has 9 nitrogen and oxygen atoms in total. The molecule has 0 radical (unpaired) electrons. The van der Waals surface area contributed by atoms with Crippen molar-refractivity contribution in [3.05, 3.63) is 36.4 Å². The fourth-order valence-electron chi connectivity index (χ4n) is 4.38. The lowest BCUT2D eigenvalue weighted by Crippen LogP contribution is -2.53. The minimum atomic E-state index is -3.57. The highest BCUT2D eigenvalue weighted by Crippen LogP contribution is 2.55. The number of nitrogens with zero attached hydrogens (tertiary/aromatic N) is 3. The maximum absolute atomic E-state index is 14.7. The average Bonchev–Trinajstić information content (AvgIpc) is 2.97. The van der Waals surface area contributed by atoms with Crippen LogP contribution in [0.4, 0.5) is 9.18 Å². The van der Waals surface area contributed by atoms with Crippen LogP contribution < -0.4 is 5.32 Å². The van der Waals surface area contributed by atoms with Gasteiger partial charge in [-0.2, -0.15) is 4.31 Å². The monoisotopic (exact) mass is 524 g/mol. The summed E-state index contributed by atoms with van der Waals surface area (Å²) in [6, 6.07) is 3.58. The van der Waals surface area contributed by atoms with Gasteiger partial charge in [-0.15, -0.1) is 10.8 Å². The predicted octanol–water partition coefficient (Wildman–Crippen LogP) is 4.87. The number of carbonyl (C=O) groups excluding carboxylic acids is 2. The van der Waals surface area contributed by atoms with Crippen LogP contribution in [0.25, 0.3) is 10.8 Å². The zero-order chi connectivity index (χ0) is 26.8. The molecule has 1 saturated heterocycles. The predicted molar refractivity (Wildman–Crippen MR) is 138 cm³/mol. The van der Waals surface area contributed by atoms with Gasteiger partial charge in [0.25, 0.3) is 0 Å². The van der Waals surface area contributed by atoms with Gasteiger partial charge in [-0.1, -0.05) is 26.0 Å². The van der Waals surface area contributed by atoms with Gasteiger partial charge in [0, 0.05) is 42.6 Å². The van der Waals surface area contributed by atoms with E-state index in [0.717, 1.165) is 6.20 Å². The van der Waals surface area contributed by atoms with Crippen molar-refractivity contribution in [1.29, 1.82) is 0 Å². The van der Waals surface area contributed by atoms with Crippen molar-refractivity contribution in [2.24, 2.45) is 5.92 Å². The number of ether oxygens (including phenoxy) is 1. The van der Waals surface area contributed by atoms with E-state index >= 15 is 0 Å². The fraction of sp³-hybridized carbons (Fsp3) is 0.560. The summed E-state index contributed by atoms with van der Waals surface area (Å²) in [4.78, 5) is 31.4. The lowest BCUT2D eigenvalue weighted by molar-refractivity contribution is -0.134.